The Balaban J connectivity index is 2.38. The van der Waals surface area contributed by atoms with E-state index in [2.05, 4.69) is 23.3 Å². The van der Waals surface area contributed by atoms with Crippen molar-refractivity contribution >= 4 is 23.2 Å². The zero-order valence-corrected chi connectivity index (χ0v) is 12.5. The predicted octanol–water partition coefficient (Wildman–Crippen LogP) is 4.40. The lowest BCUT2D eigenvalue weighted by atomic mass is 10.0. The van der Waals surface area contributed by atoms with Crippen LogP contribution in [0.15, 0.2) is 36.5 Å². The van der Waals surface area contributed by atoms with Crippen LogP contribution in [0.2, 0.25) is 10.0 Å². The fraction of sp³-hybridized carbons (Fsp3) is 0.267. The molecule has 0 aliphatic rings. The number of aryl methyl sites for hydroxylation is 1. The Morgan fingerprint density at radius 3 is 2.58 bits per heavy atom. The van der Waals surface area contributed by atoms with Crippen molar-refractivity contribution in [3.05, 3.63) is 63.4 Å². The van der Waals surface area contributed by atoms with E-state index in [1.807, 2.05) is 31.2 Å². The second kappa shape index (κ2) is 6.38. The topological polar surface area (TPSA) is 24.9 Å². The lowest BCUT2D eigenvalue weighted by Gasteiger charge is -2.18. The van der Waals surface area contributed by atoms with E-state index >= 15 is 0 Å². The van der Waals surface area contributed by atoms with Gasteiger partial charge in [0, 0.05) is 11.2 Å². The molecule has 1 aromatic heterocycles. The molecule has 1 atom stereocenters. The summed E-state index contributed by atoms with van der Waals surface area (Å²) in [7, 11) is 0. The summed E-state index contributed by atoms with van der Waals surface area (Å²) in [5.41, 5.74) is 3.11. The van der Waals surface area contributed by atoms with Gasteiger partial charge >= 0.3 is 0 Å². The van der Waals surface area contributed by atoms with Gasteiger partial charge in [0.15, 0.2) is 0 Å². The van der Waals surface area contributed by atoms with Gasteiger partial charge in [-0.2, -0.15) is 0 Å². The summed E-state index contributed by atoms with van der Waals surface area (Å²) < 4.78 is 0. The third-order valence-electron chi connectivity index (χ3n) is 2.98. The van der Waals surface area contributed by atoms with Crippen LogP contribution in [-0.4, -0.2) is 11.5 Å². The maximum atomic E-state index is 6.20. The number of halogens is 2. The summed E-state index contributed by atoms with van der Waals surface area (Å²) in [4.78, 5) is 4.39. The summed E-state index contributed by atoms with van der Waals surface area (Å²) in [6, 6.07) is 9.90. The third kappa shape index (κ3) is 3.47. The molecule has 2 aromatic rings. The highest BCUT2D eigenvalue weighted by molar-refractivity contribution is 6.31. The van der Waals surface area contributed by atoms with Crippen molar-refractivity contribution in [1.29, 1.82) is 0 Å². The molecule has 1 aromatic carbocycles. The maximum absolute atomic E-state index is 6.20. The molecule has 0 aliphatic heterocycles. The Morgan fingerprint density at radius 2 is 2.00 bits per heavy atom. The fourth-order valence-electron chi connectivity index (χ4n) is 1.94. The molecule has 0 saturated heterocycles. The molecule has 0 aliphatic carbocycles. The molecule has 0 saturated carbocycles. The maximum Gasteiger partial charge on any atom is 0.0751 e. The van der Waals surface area contributed by atoms with Gasteiger partial charge in [0.25, 0.3) is 0 Å². The summed E-state index contributed by atoms with van der Waals surface area (Å²) in [5.74, 6) is 0. The van der Waals surface area contributed by atoms with E-state index in [1.54, 1.807) is 6.20 Å². The molecule has 2 rings (SSSR count). The number of hydrogen-bond donors (Lipinski definition) is 1. The molecule has 2 nitrogen and oxygen atoms in total. The highest BCUT2D eigenvalue weighted by Crippen LogP contribution is 2.25. The first kappa shape index (κ1) is 14.3. The number of rotatable bonds is 4. The zero-order valence-electron chi connectivity index (χ0n) is 11.0. The Bertz CT molecular complexity index is 553. The molecule has 0 spiro atoms. The Hall–Kier alpha value is -1.09. The van der Waals surface area contributed by atoms with Crippen LogP contribution in [-0.2, 0) is 0 Å². The van der Waals surface area contributed by atoms with Gasteiger partial charge < -0.3 is 5.32 Å². The molecule has 1 N–H and O–H groups in total. The first-order chi connectivity index (χ1) is 9.11. The highest BCUT2D eigenvalue weighted by atomic mass is 35.5. The number of benzene rings is 1. The molecular formula is C15H16Cl2N2. The van der Waals surface area contributed by atoms with Crippen molar-refractivity contribution < 1.29 is 0 Å². The molecule has 1 unspecified atom stereocenters. The largest absolute Gasteiger partial charge is 0.305 e. The molecule has 19 heavy (non-hydrogen) atoms. The van der Waals surface area contributed by atoms with Crippen LogP contribution in [0.4, 0.5) is 0 Å². The first-order valence-corrected chi connectivity index (χ1v) is 6.98. The van der Waals surface area contributed by atoms with Crippen molar-refractivity contribution in [2.24, 2.45) is 0 Å². The average molecular weight is 295 g/mol. The van der Waals surface area contributed by atoms with Crippen LogP contribution in [0.5, 0.6) is 0 Å². The van der Waals surface area contributed by atoms with E-state index in [0.29, 0.717) is 5.02 Å². The van der Waals surface area contributed by atoms with Gasteiger partial charge in [-0.15, -0.1) is 0 Å². The van der Waals surface area contributed by atoms with Gasteiger partial charge in [-0.1, -0.05) is 42.3 Å². The van der Waals surface area contributed by atoms with Crippen LogP contribution in [0.1, 0.15) is 29.8 Å². The quantitative estimate of drug-likeness (QED) is 0.904. The Kier molecular flexibility index (Phi) is 4.81. The summed E-state index contributed by atoms with van der Waals surface area (Å²) in [5, 5.41) is 4.83. The summed E-state index contributed by atoms with van der Waals surface area (Å²) in [6.07, 6.45) is 1.66. The van der Waals surface area contributed by atoms with Crippen molar-refractivity contribution in [2.45, 2.75) is 19.9 Å². The van der Waals surface area contributed by atoms with Crippen LogP contribution >= 0.6 is 23.2 Å². The second-order valence-corrected chi connectivity index (χ2v) is 5.24. The van der Waals surface area contributed by atoms with Crippen LogP contribution in [0.3, 0.4) is 0 Å². The minimum absolute atomic E-state index is 0.0281. The minimum Gasteiger partial charge on any atom is -0.305 e. The SMILES string of the molecule is CCNC(c1ccc(C)c(Cl)c1)c1ccc(Cl)cn1. The van der Waals surface area contributed by atoms with Crippen molar-refractivity contribution in [3.63, 3.8) is 0 Å². The molecule has 4 heteroatoms. The number of pyridine rings is 1. The smallest absolute Gasteiger partial charge is 0.0751 e. The van der Waals surface area contributed by atoms with Gasteiger partial charge in [-0.3, -0.25) is 4.98 Å². The lowest BCUT2D eigenvalue weighted by Crippen LogP contribution is -2.22. The number of aromatic nitrogens is 1. The molecule has 100 valence electrons. The Labute approximate surface area is 123 Å². The molecule has 0 amide bonds. The second-order valence-electron chi connectivity index (χ2n) is 4.40. The van der Waals surface area contributed by atoms with Crippen molar-refractivity contribution in [1.82, 2.24) is 10.3 Å². The fourth-order valence-corrected chi connectivity index (χ4v) is 2.24. The summed E-state index contributed by atoms with van der Waals surface area (Å²) in [6.45, 7) is 4.91. The summed E-state index contributed by atoms with van der Waals surface area (Å²) >= 11 is 12.1. The van der Waals surface area contributed by atoms with E-state index < -0.39 is 0 Å². The van der Waals surface area contributed by atoms with Crippen LogP contribution < -0.4 is 5.32 Å². The Morgan fingerprint density at radius 1 is 1.21 bits per heavy atom. The molecule has 1 heterocycles. The minimum atomic E-state index is 0.0281. The van der Waals surface area contributed by atoms with Gasteiger partial charge in [0.1, 0.15) is 0 Å². The molecule has 0 radical (unpaired) electrons. The van der Waals surface area contributed by atoms with E-state index in [0.717, 1.165) is 28.4 Å². The van der Waals surface area contributed by atoms with Gasteiger partial charge in [0.05, 0.1) is 16.8 Å². The van der Waals surface area contributed by atoms with Gasteiger partial charge in [0.2, 0.25) is 0 Å². The standard InChI is InChI=1S/C15H16Cl2N2/c1-3-18-15(14-7-6-12(16)9-19-14)11-5-4-10(2)13(17)8-11/h4-9,15,18H,3H2,1-2H3. The van der Waals surface area contributed by atoms with Crippen LogP contribution in [0, 0.1) is 6.92 Å². The molecule has 0 bridgehead atoms. The van der Waals surface area contributed by atoms with E-state index in [1.165, 1.54) is 0 Å². The monoisotopic (exact) mass is 294 g/mol. The van der Waals surface area contributed by atoms with Gasteiger partial charge in [-0.05, 0) is 42.8 Å². The van der Waals surface area contributed by atoms with E-state index in [-0.39, 0.29) is 6.04 Å². The highest BCUT2D eigenvalue weighted by Gasteiger charge is 2.15. The van der Waals surface area contributed by atoms with E-state index in [4.69, 9.17) is 23.2 Å². The number of hydrogen-bond acceptors (Lipinski definition) is 2. The zero-order chi connectivity index (χ0) is 13.8. The van der Waals surface area contributed by atoms with Crippen molar-refractivity contribution in [3.8, 4) is 0 Å². The molecular weight excluding hydrogens is 279 g/mol. The average Bonchev–Trinajstić information content (AvgIpc) is 2.41. The first-order valence-electron chi connectivity index (χ1n) is 6.22. The predicted molar refractivity (Wildman–Crippen MR) is 81.0 cm³/mol. The van der Waals surface area contributed by atoms with Crippen LogP contribution in [0.25, 0.3) is 0 Å². The number of nitrogens with one attached hydrogen (secondary N) is 1. The number of nitrogens with zero attached hydrogens (tertiary/aromatic N) is 1. The molecule has 0 fully saturated rings. The van der Waals surface area contributed by atoms with E-state index in [9.17, 15) is 0 Å². The third-order valence-corrected chi connectivity index (χ3v) is 3.61. The lowest BCUT2D eigenvalue weighted by molar-refractivity contribution is 0.615. The van der Waals surface area contributed by atoms with Gasteiger partial charge in [-0.25, -0.2) is 0 Å². The normalized spacial score (nSPS) is 12.4. The van der Waals surface area contributed by atoms with Crippen molar-refractivity contribution in [2.75, 3.05) is 6.54 Å².